The van der Waals surface area contributed by atoms with E-state index < -0.39 is 0 Å². The van der Waals surface area contributed by atoms with Crippen molar-refractivity contribution in [2.24, 2.45) is 0 Å². The van der Waals surface area contributed by atoms with Crippen LogP contribution < -0.4 is 0 Å². The van der Waals surface area contributed by atoms with Crippen LogP contribution in [0, 0.1) is 6.92 Å². The first kappa shape index (κ1) is 10.1. The van der Waals surface area contributed by atoms with E-state index in [1.54, 1.807) is 6.92 Å². The van der Waals surface area contributed by atoms with Crippen molar-refractivity contribution in [1.82, 2.24) is 4.98 Å². The molecule has 1 aromatic heterocycles. The number of oxazole rings is 1. The number of hydrogen-bond donors (Lipinski definition) is 0. The number of carbonyl (C=O) groups excluding carboxylic acids is 1. The van der Waals surface area contributed by atoms with Gasteiger partial charge < -0.3 is 4.42 Å². The van der Waals surface area contributed by atoms with E-state index in [4.69, 9.17) is 4.42 Å². The van der Waals surface area contributed by atoms with E-state index >= 15 is 0 Å². The third-order valence-corrected chi connectivity index (χ3v) is 2.51. The second kappa shape index (κ2) is 3.98. The van der Waals surface area contributed by atoms with Crippen LogP contribution in [0.2, 0.25) is 0 Å². The maximum atomic E-state index is 10.5. The third-order valence-electron chi connectivity index (χ3n) is 2.01. The van der Waals surface area contributed by atoms with Crippen LogP contribution in [0.3, 0.4) is 0 Å². The minimum absolute atomic E-state index is 0.113. The van der Waals surface area contributed by atoms with Crippen molar-refractivity contribution in [2.45, 2.75) is 6.92 Å². The maximum Gasteiger partial charge on any atom is 0.260 e. The van der Waals surface area contributed by atoms with E-state index in [1.807, 2.05) is 24.3 Å². The standard InChI is InChI=1S/C11H8BrNO2/c1-7-11(13-10(6-14)15-7)8-3-2-4-9(12)5-8/h2-6H,1H3. The lowest BCUT2D eigenvalue weighted by Gasteiger charge is -1.97. The van der Waals surface area contributed by atoms with Gasteiger partial charge >= 0.3 is 0 Å². The lowest BCUT2D eigenvalue weighted by Crippen LogP contribution is -1.81. The molecular formula is C11H8BrNO2. The van der Waals surface area contributed by atoms with Crippen LogP contribution in [-0.2, 0) is 0 Å². The van der Waals surface area contributed by atoms with Crippen molar-refractivity contribution in [3.8, 4) is 11.3 Å². The van der Waals surface area contributed by atoms with Gasteiger partial charge in [-0.1, -0.05) is 28.1 Å². The van der Waals surface area contributed by atoms with Gasteiger partial charge in [-0.15, -0.1) is 0 Å². The number of benzene rings is 1. The Labute approximate surface area is 95.3 Å². The lowest BCUT2D eigenvalue weighted by molar-refractivity contribution is 0.109. The van der Waals surface area contributed by atoms with Crippen LogP contribution in [0.25, 0.3) is 11.3 Å². The number of rotatable bonds is 2. The van der Waals surface area contributed by atoms with Gasteiger partial charge in [0.05, 0.1) is 0 Å². The molecule has 0 bridgehead atoms. The zero-order chi connectivity index (χ0) is 10.8. The first-order valence-electron chi connectivity index (χ1n) is 4.39. The summed E-state index contributed by atoms with van der Waals surface area (Å²) in [5.74, 6) is 0.762. The molecule has 0 aliphatic carbocycles. The fraction of sp³-hybridized carbons (Fsp3) is 0.0909. The van der Waals surface area contributed by atoms with Crippen LogP contribution in [0.1, 0.15) is 16.4 Å². The van der Waals surface area contributed by atoms with E-state index in [2.05, 4.69) is 20.9 Å². The predicted octanol–water partition coefficient (Wildman–Crippen LogP) is 3.23. The highest BCUT2D eigenvalue weighted by Gasteiger charge is 2.10. The molecule has 2 rings (SSSR count). The summed E-state index contributed by atoms with van der Waals surface area (Å²) in [6, 6.07) is 7.69. The summed E-state index contributed by atoms with van der Waals surface area (Å²) in [6.45, 7) is 1.79. The van der Waals surface area contributed by atoms with Crippen molar-refractivity contribution in [1.29, 1.82) is 0 Å². The first-order chi connectivity index (χ1) is 7.20. The van der Waals surface area contributed by atoms with Gasteiger partial charge in [-0.3, -0.25) is 4.79 Å². The molecule has 0 saturated carbocycles. The summed E-state index contributed by atoms with van der Waals surface area (Å²) in [6.07, 6.45) is 0.606. The van der Waals surface area contributed by atoms with Crippen LogP contribution in [-0.4, -0.2) is 11.3 Å². The van der Waals surface area contributed by atoms with E-state index in [9.17, 15) is 4.79 Å². The van der Waals surface area contributed by atoms with Crippen LogP contribution >= 0.6 is 15.9 Å². The molecule has 1 heterocycles. The molecule has 0 aliphatic heterocycles. The number of aryl methyl sites for hydroxylation is 1. The van der Waals surface area contributed by atoms with Gasteiger partial charge in [0, 0.05) is 10.0 Å². The molecule has 15 heavy (non-hydrogen) atoms. The summed E-state index contributed by atoms with van der Waals surface area (Å²) < 4.78 is 6.13. The van der Waals surface area contributed by atoms with Gasteiger partial charge in [0.2, 0.25) is 6.29 Å². The van der Waals surface area contributed by atoms with E-state index in [0.717, 1.165) is 10.0 Å². The van der Waals surface area contributed by atoms with Crippen molar-refractivity contribution < 1.29 is 9.21 Å². The number of aromatic nitrogens is 1. The molecule has 0 amide bonds. The topological polar surface area (TPSA) is 43.1 Å². The maximum absolute atomic E-state index is 10.5. The quantitative estimate of drug-likeness (QED) is 0.784. The molecule has 0 radical (unpaired) electrons. The van der Waals surface area contributed by atoms with Gasteiger partial charge in [0.1, 0.15) is 11.5 Å². The average Bonchev–Trinajstić information content (AvgIpc) is 2.60. The van der Waals surface area contributed by atoms with Gasteiger partial charge in [-0.25, -0.2) is 4.98 Å². The zero-order valence-electron chi connectivity index (χ0n) is 8.03. The molecule has 3 nitrogen and oxygen atoms in total. The number of aldehydes is 1. The summed E-state index contributed by atoms with van der Waals surface area (Å²) in [5.41, 5.74) is 1.64. The Bertz CT molecular complexity index is 505. The summed E-state index contributed by atoms with van der Waals surface area (Å²) >= 11 is 3.38. The minimum Gasteiger partial charge on any atom is -0.439 e. The van der Waals surface area contributed by atoms with Crippen LogP contribution in [0.4, 0.5) is 0 Å². The Kier molecular flexibility index (Phi) is 2.68. The highest BCUT2D eigenvalue weighted by Crippen LogP contribution is 2.25. The fourth-order valence-electron chi connectivity index (χ4n) is 1.37. The summed E-state index contributed by atoms with van der Waals surface area (Å²) in [5, 5.41) is 0. The smallest absolute Gasteiger partial charge is 0.260 e. The van der Waals surface area contributed by atoms with E-state index in [-0.39, 0.29) is 5.89 Å². The largest absolute Gasteiger partial charge is 0.439 e. The number of nitrogens with zero attached hydrogens (tertiary/aromatic N) is 1. The second-order valence-electron chi connectivity index (χ2n) is 3.09. The molecular weight excluding hydrogens is 258 g/mol. The Morgan fingerprint density at radius 2 is 2.27 bits per heavy atom. The molecule has 0 N–H and O–H groups in total. The van der Waals surface area contributed by atoms with Gasteiger partial charge in [-0.2, -0.15) is 0 Å². The number of hydrogen-bond acceptors (Lipinski definition) is 3. The Morgan fingerprint density at radius 3 is 2.87 bits per heavy atom. The molecule has 0 unspecified atom stereocenters. The summed E-state index contributed by atoms with van der Waals surface area (Å²) in [4.78, 5) is 14.6. The molecule has 1 aromatic carbocycles. The van der Waals surface area contributed by atoms with Gasteiger partial charge in [-0.05, 0) is 19.1 Å². The SMILES string of the molecule is Cc1oc(C=O)nc1-c1cccc(Br)c1. The molecule has 4 heteroatoms. The van der Waals surface area contributed by atoms with Crippen LogP contribution in [0.15, 0.2) is 33.2 Å². The normalized spacial score (nSPS) is 10.3. The fourth-order valence-corrected chi connectivity index (χ4v) is 1.77. The third kappa shape index (κ3) is 1.99. The van der Waals surface area contributed by atoms with Crippen molar-refractivity contribution >= 4 is 22.2 Å². The molecule has 0 aliphatic rings. The predicted molar refractivity (Wildman–Crippen MR) is 59.8 cm³/mol. The van der Waals surface area contributed by atoms with Crippen LogP contribution in [0.5, 0.6) is 0 Å². The first-order valence-corrected chi connectivity index (χ1v) is 5.18. The van der Waals surface area contributed by atoms with Gasteiger partial charge in [0.25, 0.3) is 5.89 Å². The molecule has 0 fully saturated rings. The zero-order valence-corrected chi connectivity index (χ0v) is 9.61. The molecule has 0 saturated heterocycles. The highest BCUT2D eigenvalue weighted by atomic mass is 79.9. The van der Waals surface area contributed by atoms with Crippen molar-refractivity contribution in [3.63, 3.8) is 0 Å². The van der Waals surface area contributed by atoms with Gasteiger partial charge in [0.15, 0.2) is 0 Å². The Morgan fingerprint density at radius 1 is 1.47 bits per heavy atom. The molecule has 76 valence electrons. The molecule has 0 atom stereocenters. The highest BCUT2D eigenvalue weighted by molar-refractivity contribution is 9.10. The van der Waals surface area contributed by atoms with E-state index in [1.165, 1.54) is 0 Å². The second-order valence-corrected chi connectivity index (χ2v) is 4.00. The molecule has 0 spiro atoms. The van der Waals surface area contributed by atoms with Crippen molar-refractivity contribution in [2.75, 3.05) is 0 Å². The Hall–Kier alpha value is -1.42. The molecule has 2 aromatic rings. The minimum atomic E-state index is 0.113. The monoisotopic (exact) mass is 265 g/mol. The van der Waals surface area contributed by atoms with E-state index in [0.29, 0.717) is 17.7 Å². The lowest BCUT2D eigenvalue weighted by atomic mass is 10.1. The number of halogens is 1. The summed E-state index contributed by atoms with van der Waals surface area (Å²) in [7, 11) is 0. The average molecular weight is 266 g/mol. The van der Waals surface area contributed by atoms with Crippen molar-refractivity contribution in [3.05, 3.63) is 40.4 Å². The Balaban J connectivity index is 2.53. The number of carbonyl (C=O) groups is 1.